The van der Waals surface area contributed by atoms with Gasteiger partial charge in [-0.2, -0.15) is 0 Å². The van der Waals surface area contributed by atoms with Crippen molar-refractivity contribution in [1.29, 1.82) is 0 Å². The molecular weight excluding hydrogens is 338 g/mol. The molecule has 1 N–H and O–H groups in total. The van der Waals surface area contributed by atoms with Crippen molar-refractivity contribution in [1.82, 2.24) is 9.55 Å². The SMILES string of the molecule is O=C(Cn1c(=O)oc2ccccc21)Nc1ccc(-c2nccs2)cc1. The molecule has 0 unspecified atom stereocenters. The van der Waals surface area contributed by atoms with Crippen LogP contribution in [0, 0.1) is 0 Å². The fourth-order valence-corrected chi connectivity index (χ4v) is 3.21. The van der Waals surface area contributed by atoms with Crippen LogP contribution in [0.1, 0.15) is 0 Å². The quantitative estimate of drug-likeness (QED) is 0.612. The molecule has 0 saturated carbocycles. The summed E-state index contributed by atoms with van der Waals surface area (Å²) in [6.07, 6.45) is 1.75. The van der Waals surface area contributed by atoms with Gasteiger partial charge in [0.1, 0.15) is 11.6 Å². The second-order valence-corrected chi connectivity index (χ2v) is 6.28. The Hall–Kier alpha value is -3.19. The second-order valence-electron chi connectivity index (χ2n) is 5.38. The average Bonchev–Trinajstić information content (AvgIpc) is 3.25. The van der Waals surface area contributed by atoms with Gasteiger partial charge in [0.2, 0.25) is 5.91 Å². The molecule has 25 heavy (non-hydrogen) atoms. The van der Waals surface area contributed by atoms with Gasteiger partial charge in [0.15, 0.2) is 5.58 Å². The minimum atomic E-state index is -0.546. The number of oxazole rings is 1. The van der Waals surface area contributed by atoms with Crippen molar-refractivity contribution in [3.05, 3.63) is 70.7 Å². The van der Waals surface area contributed by atoms with E-state index in [9.17, 15) is 9.59 Å². The van der Waals surface area contributed by atoms with Gasteiger partial charge in [-0.05, 0) is 36.4 Å². The van der Waals surface area contributed by atoms with Gasteiger partial charge in [-0.1, -0.05) is 12.1 Å². The summed E-state index contributed by atoms with van der Waals surface area (Å²) >= 11 is 1.55. The zero-order chi connectivity index (χ0) is 17.2. The molecule has 0 aliphatic rings. The number of carbonyl (C=O) groups excluding carboxylic acids is 1. The molecule has 0 saturated heterocycles. The van der Waals surface area contributed by atoms with Gasteiger partial charge in [-0.15, -0.1) is 11.3 Å². The van der Waals surface area contributed by atoms with Crippen LogP contribution in [-0.4, -0.2) is 15.5 Å². The summed E-state index contributed by atoms with van der Waals surface area (Å²) in [5.74, 6) is -0.842. The highest BCUT2D eigenvalue weighted by Crippen LogP contribution is 2.23. The number of para-hydroxylation sites is 2. The highest BCUT2D eigenvalue weighted by atomic mass is 32.1. The molecular formula is C18H13N3O3S. The van der Waals surface area contributed by atoms with Gasteiger partial charge in [-0.25, -0.2) is 9.78 Å². The molecule has 0 radical (unpaired) electrons. The number of rotatable bonds is 4. The van der Waals surface area contributed by atoms with Crippen molar-refractivity contribution in [2.75, 3.05) is 5.32 Å². The number of nitrogens with zero attached hydrogens (tertiary/aromatic N) is 2. The van der Waals surface area contributed by atoms with E-state index in [1.165, 1.54) is 4.57 Å². The number of nitrogens with one attached hydrogen (secondary N) is 1. The first-order valence-corrected chi connectivity index (χ1v) is 8.47. The third-order valence-corrected chi connectivity index (χ3v) is 4.55. The molecule has 0 aliphatic heterocycles. The van der Waals surface area contributed by atoms with E-state index in [1.54, 1.807) is 41.8 Å². The predicted molar refractivity (Wildman–Crippen MR) is 96.7 cm³/mol. The number of hydrogen-bond donors (Lipinski definition) is 1. The number of fused-ring (bicyclic) bond motifs is 1. The molecule has 0 bridgehead atoms. The summed E-state index contributed by atoms with van der Waals surface area (Å²) in [6, 6.07) is 14.4. The topological polar surface area (TPSA) is 77.1 Å². The Morgan fingerprint density at radius 2 is 1.96 bits per heavy atom. The van der Waals surface area contributed by atoms with Crippen LogP contribution in [0.5, 0.6) is 0 Å². The van der Waals surface area contributed by atoms with Crippen LogP contribution in [0.4, 0.5) is 5.69 Å². The number of thiazole rings is 1. The summed E-state index contributed by atoms with van der Waals surface area (Å²) in [6.45, 7) is -0.107. The third-order valence-electron chi connectivity index (χ3n) is 3.72. The van der Waals surface area contributed by atoms with E-state index in [2.05, 4.69) is 10.3 Å². The summed E-state index contributed by atoms with van der Waals surface area (Å²) in [5.41, 5.74) is 2.71. The molecule has 4 rings (SSSR count). The molecule has 1 amide bonds. The van der Waals surface area contributed by atoms with Crippen molar-refractivity contribution in [2.24, 2.45) is 0 Å². The second kappa shape index (κ2) is 6.37. The highest BCUT2D eigenvalue weighted by Gasteiger charge is 2.12. The number of hydrogen-bond acceptors (Lipinski definition) is 5. The summed E-state index contributed by atoms with van der Waals surface area (Å²) in [4.78, 5) is 28.4. The fraction of sp³-hybridized carbons (Fsp3) is 0.0556. The monoisotopic (exact) mass is 351 g/mol. The van der Waals surface area contributed by atoms with Crippen molar-refractivity contribution >= 4 is 34.0 Å². The first kappa shape index (κ1) is 15.3. The third kappa shape index (κ3) is 3.09. The van der Waals surface area contributed by atoms with E-state index in [4.69, 9.17) is 4.42 Å². The number of anilines is 1. The van der Waals surface area contributed by atoms with Crippen molar-refractivity contribution < 1.29 is 9.21 Å². The fourth-order valence-electron chi connectivity index (χ4n) is 2.57. The van der Waals surface area contributed by atoms with Crippen molar-refractivity contribution in [2.45, 2.75) is 6.54 Å². The number of amides is 1. The highest BCUT2D eigenvalue weighted by molar-refractivity contribution is 7.13. The first-order valence-electron chi connectivity index (χ1n) is 7.59. The van der Waals surface area contributed by atoms with E-state index >= 15 is 0 Å². The average molecular weight is 351 g/mol. The minimum absolute atomic E-state index is 0.107. The Morgan fingerprint density at radius 1 is 1.16 bits per heavy atom. The lowest BCUT2D eigenvalue weighted by Gasteiger charge is -2.06. The molecule has 0 aliphatic carbocycles. The molecule has 4 aromatic rings. The Balaban J connectivity index is 1.50. The van der Waals surface area contributed by atoms with E-state index < -0.39 is 5.76 Å². The van der Waals surface area contributed by atoms with Gasteiger partial charge in [0.05, 0.1) is 5.52 Å². The van der Waals surface area contributed by atoms with Gasteiger partial charge in [0, 0.05) is 22.8 Å². The minimum Gasteiger partial charge on any atom is -0.408 e. The lowest BCUT2D eigenvalue weighted by Crippen LogP contribution is -2.24. The number of carbonyl (C=O) groups is 1. The standard InChI is InChI=1S/C18H13N3O3S/c22-16(11-21-14-3-1-2-4-15(14)24-18(21)23)20-13-7-5-12(6-8-13)17-19-9-10-25-17/h1-10H,11H2,(H,20,22). The van der Waals surface area contributed by atoms with E-state index in [-0.39, 0.29) is 12.5 Å². The van der Waals surface area contributed by atoms with Crippen molar-refractivity contribution in [3.8, 4) is 10.6 Å². The van der Waals surface area contributed by atoms with Crippen LogP contribution in [0.25, 0.3) is 21.7 Å². The van der Waals surface area contributed by atoms with Gasteiger partial charge in [0.25, 0.3) is 0 Å². The van der Waals surface area contributed by atoms with Crippen LogP contribution < -0.4 is 11.1 Å². The summed E-state index contributed by atoms with van der Waals surface area (Å²) in [5, 5.41) is 5.63. The molecule has 6 nitrogen and oxygen atoms in total. The largest absolute Gasteiger partial charge is 0.420 e. The lowest BCUT2D eigenvalue weighted by atomic mass is 10.2. The Labute approximate surface area is 146 Å². The van der Waals surface area contributed by atoms with Crippen LogP contribution in [0.15, 0.2) is 69.3 Å². The van der Waals surface area contributed by atoms with E-state index in [0.29, 0.717) is 16.8 Å². The van der Waals surface area contributed by atoms with Crippen LogP contribution in [0.3, 0.4) is 0 Å². The van der Waals surface area contributed by atoms with Gasteiger partial charge < -0.3 is 9.73 Å². The van der Waals surface area contributed by atoms with Gasteiger partial charge >= 0.3 is 5.76 Å². The van der Waals surface area contributed by atoms with E-state index in [1.807, 2.05) is 29.6 Å². The van der Waals surface area contributed by atoms with Crippen LogP contribution in [-0.2, 0) is 11.3 Å². The Morgan fingerprint density at radius 3 is 2.72 bits per heavy atom. The molecule has 7 heteroatoms. The first-order chi connectivity index (χ1) is 12.2. The lowest BCUT2D eigenvalue weighted by molar-refractivity contribution is -0.116. The summed E-state index contributed by atoms with van der Waals surface area (Å²) < 4.78 is 6.44. The Kier molecular flexibility index (Phi) is 3.91. The molecule has 2 heterocycles. The van der Waals surface area contributed by atoms with Gasteiger partial charge in [-0.3, -0.25) is 9.36 Å². The Bertz CT molecular complexity index is 1080. The summed E-state index contributed by atoms with van der Waals surface area (Å²) in [7, 11) is 0. The predicted octanol–water partition coefficient (Wildman–Crippen LogP) is 3.36. The molecule has 0 fully saturated rings. The zero-order valence-electron chi connectivity index (χ0n) is 13.0. The van der Waals surface area contributed by atoms with Crippen molar-refractivity contribution in [3.63, 3.8) is 0 Å². The normalized spacial score (nSPS) is 10.9. The molecule has 124 valence electrons. The molecule has 0 atom stereocenters. The maximum absolute atomic E-state index is 12.3. The maximum atomic E-state index is 12.3. The number of aromatic nitrogens is 2. The van der Waals surface area contributed by atoms with E-state index in [0.717, 1.165) is 10.6 Å². The molecule has 2 aromatic carbocycles. The smallest absolute Gasteiger partial charge is 0.408 e. The number of benzene rings is 2. The molecule has 2 aromatic heterocycles. The maximum Gasteiger partial charge on any atom is 0.420 e. The van der Waals surface area contributed by atoms with Crippen LogP contribution >= 0.6 is 11.3 Å². The van der Waals surface area contributed by atoms with Crippen LogP contribution in [0.2, 0.25) is 0 Å². The zero-order valence-corrected chi connectivity index (χ0v) is 13.8. The molecule has 0 spiro atoms.